The van der Waals surface area contributed by atoms with E-state index in [1.54, 1.807) is 0 Å². The van der Waals surface area contributed by atoms with E-state index in [1.807, 2.05) is 30.3 Å². The van der Waals surface area contributed by atoms with Crippen LogP contribution in [0.2, 0.25) is 0 Å². The lowest BCUT2D eigenvalue weighted by atomic mass is 10.2. The van der Waals surface area contributed by atoms with Crippen molar-refractivity contribution in [3.63, 3.8) is 0 Å². The van der Waals surface area contributed by atoms with E-state index >= 15 is 0 Å². The highest BCUT2D eigenvalue weighted by molar-refractivity contribution is 5.87. The second-order valence-electron chi connectivity index (χ2n) is 3.50. The first-order valence-electron chi connectivity index (χ1n) is 5.00. The minimum absolute atomic E-state index is 0.228. The largest absolute Gasteiger partial charge is 0.459 e. The molecule has 2 N–H and O–H groups in total. The van der Waals surface area contributed by atoms with Crippen molar-refractivity contribution < 1.29 is 14.3 Å². The van der Waals surface area contributed by atoms with Gasteiger partial charge in [-0.2, -0.15) is 0 Å². The van der Waals surface area contributed by atoms with Crippen LogP contribution in [0.15, 0.2) is 30.3 Å². The molecule has 1 heterocycles. The van der Waals surface area contributed by atoms with Gasteiger partial charge in [-0.05, 0) is 5.56 Å². The summed E-state index contributed by atoms with van der Waals surface area (Å²) in [5, 5.41) is 4.96. The lowest BCUT2D eigenvalue weighted by Gasteiger charge is -2.08. The summed E-state index contributed by atoms with van der Waals surface area (Å²) in [6.45, 7) is 0.512. The van der Waals surface area contributed by atoms with E-state index in [9.17, 15) is 9.59 Å². The Balaban J connectivity index is 1.82. The second-order valence-corrected chi connectivity index (χ2v) is 3.50. The van der Waals surface area contributed by atoms with E-state index in [4.69, 9.17) is 4.74 Å². The molecule has 5 nitrogen and oxygen atoms in total. The monoisotopic (exact) mass is 220 g/mol. The Morgan fingerprint density at radius 1 is 1.38 bits per heavy atom. The molecular weight excluding hydrogens is 208 g/mol. The molecule has 84 valence electrons. The third-order valence-electron chi connectivity index (χ3n) is 2.28. The van der Waals surface area contributed by atoms with Crippen LogP contribution in [0.1, 0.15) is 5.56 Å². The molecule has 0 aromatic heterocycles. The number of nitrogens with one attached hydrogen (secondary N) is 2. The summed E-state index contributed by atoms with van der Waals surface area (Å²) in [6, 6.07) is 8.49. The normalized spacial score (nSPS) is 18.8. The zero-order valence-electron chi connectivity index (χ0n) is 8.60. The Kier molecular flexibility index (Phi) is 3.05. The topological polar surface area (TPSA) is 67.4 Å². The molecule has 1 aliphatic heterocycles. The average molecular weight is 220 g/mol. The molecule has 0 radical (unpaired) electrons. The number of urea groups is 1. The number of hydrogen-bond acceptors (Lipinski definition) is 3. The van der Waals surface area contributed by atoms with Crippen molar-refractivity contribution in [1.82, 2.24) is 10.6 Å². The Morgan fingerprint density at radius 3 is 2.75 bits per heavy atom. The van der Waals surface area contributed by atoms with Crippen LogP contribution in [0.5, 0.6) is 0 Å². The van der Waals surface area contributed by atoms with Crippen molar-refractivity contribution in [2.45, 2.75) is 12.6 Å². The van der Waals surface area contributed by atoms with Crippen molar-refractivity contribution in [1.29, 1.82) is 0 Å². The smallest absolute Gasteiger partial charge is 0.330 e. The molecule has 5 heteroatoms. The Morgan fingerprint density at radius 2 is 2.12 bits per heavy atom. The molecule has 2 amide bonds. The maximum Gasteiger partial charge on any atom is 0.330 e. The van der Waals surface area contributed by atoms with E-state index < -0.39 is 12.0 Å². The summed E-state index contributed by atoms with van der Waals surface area (Å²) in [7, 11) is 0. The zero-order chi connectivity index (χ0) is 11.4. The summed E-state index contributed by atoms with van der Waals surface area (Å²) in [5.41, 5.74) is 0.924. The Labute approximate surface area is 92.8 Å². The minimum Gasteiger partial charge on any atom is -0.459 e. The van der Waals surface area contributed by atoms with Crippen LogP contribution < -0.4 is 10.6 Å². The standard InChI is InChI=1S/C11H12N2O3/c14-10(9-6-12-11(15)13-9)16-7-8-4-2-1-3-5-8/h1-5,9H,6-7H2,(H2,12,13,15)/t9-/m0/s1. The van der Waals surface area contributed by atoms with Crippen molar-refractivity contribution in [3.05, 3.63) is 35.9 Å². The number of hydrogen-bond donors (Lipinski definition) is 2. The number of ether oxygens (including phenoxy) is 1. The summed E-state index contributed by atoms with van der Waals surface area (Å²) < 4.78 is 5.07. The fourth-order valence-corrected chi connectivity index (χ4v) is 1.43. The molecule has 1 atom stereocenters. The van der Waals surface area contributed by atoms with Gasteiger partial charge in [-0.1, -0.05) is 30.3 Å². The molecule has 0 saturated carbocycles. The average Bonchev–Trinajstić information content (AvgIpc) is 2.74. The van der Waals surface area contributed by atoms with Gasteiger partial charge in [0.15, 0.2) is 0 Å². The van der Waals surface area contributed by atoms with Gasteiger partial charge in [0.05, 0.1) is 6.54 Å². The molecular formula is C11H12N2O3. The van der Waals surface area contributed by atoms with Gasteiger partial charge in [0, 0.05) is 0 Å². The lowest BCUT2D eigenvalue weighted by molar-refractivity contribution is -0.146. The predicted octanol–water partition coefficient (Wildman–Crippen LogP) is 0.411. The molecule has 1 aliphatic rings. The molecule has 1 fully saturated rings. The third-order valence-corrected chi connectivity index (χ3v) is 2.28. The number of carbonyl (C=O) groups is 2. The van der Waals surface area contributed by atoms with Crippen molar-refractivity contribution in [2.75, 3.05) is 6.54 Å². The van der Waals surface area contributed by atoms with Crippen LogP contribution in [0.3, 0.4) is 0 Å². The molecule has 2 rings (SSSR count). The molecule has 16 heavy (non-hydrogen) atoms. The summed E-state index contributed by atoms with van der Waals surface area (Å²) in [4.78, 5) is 22.3. The fraction of sp³-hybridized carbons (Fsp3) is 0.273. The number of esters is 1. The molecule has 0 bridgehead atoms. The van der Waals surface area contributed by atoms with E-state index in [0.29, 0.717) is 0 Å². The summed E-state index contributed by atoms with van der Waals surface area (Å²) in [6.07, 6.45) is 0. The van der Waals surface area contributed by atoms with Crippen LogP contribution in [0.4, 0.5) is 4.79 Å². The Bertz CT molecular complexity index is 391. The molecule has 1 aromatic carbocycles. The highest BCUT2D eigenvalue weighted by Crippen LogP contribution is 2.02. The number of carbonyl (C=O) groups excluding carboxylic acids is 2. The zero-order valence-corrected chi connectivity index (χ0v) is 8.60. The van der Waals surface area contributed by atoms with Crippen LogP contribution in [-0.4, -0.2) is 24.6 Å². The van der Waals surface area contributed by atoms with Gasteiger partial charge in [0.1, 0.15) is 12.6 Å². The molecule has 0 spiro atoms. The van der Waals surface area contributed by atoms with Crippen LogP contribution in [0.25, 0.3) is 0 Å². The summed E-state index contributed by atoms with van der Waals surface area (Å²) in [5.74, 6) is -0.415. The van der Waals surface area contributed by atoms with Crippen LogP contribution in [0, 0.1) is 0 Å². The predicted molar refractivity (Wildman–Crippen MR) is 56.6 cm³/mol. The van der Waals surface area contributed by atoms with E-state index in [2.05, 4.69) is 10.6 Å². The quantitative estimate of drug-likeness (QED) is 0.725. The van der Waals surface area contributed by atoms with Gasteiger partial charge >= 0.3 is 12.0 Å². The first-order chi connectivity index (χ1) is 7.75. The van der Waals surface area contributed by atoms with Gasteiger partial charge in [-0.25, -0.2) is 9.59 Å². The van der Waals surface area contributed by atoms with Crippen LogP contribution in [-0.2, 0) is 16.1 Å². The second kappa shape index (κ2) is 4.65. The van der Waals surface area contributed by atoms with Crippen molar-refractivity contribution >= 4 is 12.0 Å². The van der Waals surface area contributed by atoms with Crippen molar-refractivity contribution in [2.24, 2.45) is 0 Å². The highest BCUT2D eigenvalue weighted by Gasteiger charge is 2.27. The van der Waals surface area contributed by atoms with Gasteiger partial charge in [-0.3, -0.25) is 0 Å². The number of amides is 2. The minimum atomic E-state index is -0.573. The lowest BCUT2D eigenvalue weighted by Crippen LogP contribution is -2.35. The third kappa shape index (κ3) is 2.50. The van der Waals surface area contributed by atoms with Gasteiger partial charge < -0.3 is 15.4 Å². The fourth-order valence-electron chi connectivity index (χ4n) is 1.43. The number of benzene rings is 1. The van der Waals surface area contributed by atoms with E-state index in [0.717, 1.165) is 5.56 Å². The SMILES string of the molecule is O=C1NC[C@@H](C(=O)OCc2ccccc2)N1. The van der Waals surface area contributed by atoms with Gasteiger partial charge in [0.2, 0.25) is 0 Å². The Hall–Kier alpha value is -2.04. The molecule has 0 unspecified atom stereocenters. The van der Waals surface area contributed by atoms with Crippen molar-refractivity contribution in [3.8, 4) is 0 Å². The molecule has 0 aliphatic carbocycles. The summed E-state index contributed by atoms with van der Waals surface area (Å²) >= 11 is 0. The molecule has 1 aromatic rings. The maximum absolute atomic E-state index is 11.5. The highest BCUT2D eigenvalue weighted by atomic mass is 16.5. The maximum atomic E-state index is 11.5. The first-order valence-corrected chi connectivity index (χ1v) is 5.00. The van der Waals surface area contributed by atoms with E-state index in [1.165, 1.54) is 0 Å². The van der Waals surface area contributed by atoms with E-state index in [-0.39, 0.29) is 19.2 Å². The number of rotatable bonds is 3. The van der Waals surface area contributed by atoms with Gasteiger partial charge in [-0.15, -0.1) is 0 Å². The molecule has 1 saturated heterocycles. The van der Waals surface area contributed by atoms with Gasteiger partial charge in [0.25, 0.3) is 0 Å². The first kappa shape index (κ1) is 10.5. The van der Waals surface area contributed by atoms with Crippen LogP contribution >= 0.6 is 0 Å².